The van der Waals surface area contributed by atoms with Gasteiger partial charge in [-0.05, 0) is 77.6 Å². The van der Waals surface area contributed by atoms with Gasteiger partial charge in [0.1, 0.15) is 11.6 Å². The second-order valence-corrected chi connectivity index (χ2v) is 12.2. The molecule has 5 rings (SSSR count). The molecule has 1 aromatic carbocycles. The van der Waals surface area contributed by atoms with Gasteiger partial charge in [-0.15, -0.1) is 0 Å². The highest BCUT2D eigenvalue weighted by Gasteiger charge is 2.41. The molecule has 0 bridgehead atoms. The molecule has 2 aliphatic heterocycles. The quantitative estimate of drug-likeness (QED) is 0.518. The number of aromatic nitrogens is 2. The number of nitrogens with one attached hydrogen (secondary N) is 1. The highest BCUT2D eigenvalue weighted by molar-refractivity contribution is 5.93. The molecule has 0 atom stereocenters. The molecule has 1 saturated carbocycles. The van der Waals surface area contributed by atoms with E-state index in [1.165, 1.54) is 32.1 Å². The van der Waals surface area contributed by atoms with Gasteiger partial charge in [0.25, 0.3) is 0 Å². The zero-order chi connectivity index (χ0) is 26.7. The van der Waals surface area contributed by atoms with Gasteiger partial charge >= 0.3 is 0 Å². The Morgan fingerprint density at radius 1 is 1.11 bits per heavy atom. The van der Waals surface area contributed by atoms with E-state index in [1.54, 1.807) is 7.11 Å². The van der Waals surface area contributed by atoms with Crippen molar-refractivity contribution in [2.45, 2.75) is 77.3 Å². The molecule has 1 spiro atoms. The Balaban J connectivity index is 1.47. The largest absolute Gasteiger partial charge is 0.495 e. The van der Waals surface area contributed by atoms with Gasteiger partial charge in [0.2, 0.25) is 5.95 Å². The topological polar surface area (TPSA) is 56.8 Å². The van der Waals surface area contributed by atoms with E-state index in [4.69, 9.17) is 14.7 Å². The zero-order valence-electron chi connectivity index (χ0n) is 24.1. The first kappa shape index (κ1) is 27.0. The van der Waals surface area contributed by atoms with Gasteiger partial charge in [-0.1, -0.05) is 24.7 Å². The van der Waals surface area contributed by atoms with Crippen molar-refractivity contribution in [3.63, 3.8) is 0 Å². The number of hydrogen-bond donors (Lipinski definition) is 1. The lowest BCUT2D eigenvalue weighted by molar-refractivity contribution is 0.177. The first-order valence-corrected chi connectivity index (χ1v) is 14.6. The summed E-state index contributed by atoms with van der Waals surface area (Å²) in [6.45, 7) is 9.89. The van der Waals surface area contributed by atoms with Crippen LogP contribution in [0.2, 0.25) is 0 Å². The Labute approximate surface area is 229 Å². The smallest absolute Gasteiger partial charge is 0.227 e. The van der Waals surface area contributed by atoms with Gasteiger partial charge in [0, 0.05) is 56.6 Å². The summed E-state index contributed by atoms with van der Waals surface area (Å²) in [6.07, 6.45) is 9.75. The van der Waals surface area contributed by atoms with E-state index in [-0.39, 0.29) is 0 Å². The van der Waals surface area contributed by atoms with E-state index in [1.807, 2.05) is 0 Å². The number of methoxy groups -OCH3 is 1. The first-order valence-electron chi connectivity index (χ1n) is 14.6. The van der Waals surface area contributed by atoms with Crippen LogP contribution < -0.4 is 15.0 Å². The lowest BCUT2D eigenvalue weighted by Gasteiger charge is -2.35. The Morgan fingerprint density at radius 3 is 2.55 bits per heavy atom. The monoisotopic (exact) mass is 518 g/mol. The summed E-state index contributed by atoms with van der Waals surface area (Å²) in [5.41, 5.74) is 2.31. The minimum Gasteiger partial charge on any atom is -0.495 e. The molecular formula is C31H46N6O. The Bertz CT molecular complexity index is 1170. The summed E-state index contributed by atoms with van der Waals surface area (Å²) >= 11 is 0. The van der Waals surface area contributed by atoms with Crippen molar-refractivity contribution in [2.75, 3.05) is 64.1 Å². The van der Waals surface area contributed by atoms with Crippen LogP contribution in [-0.2, 0) is 0 Å². The van der Waals surface area contributed by atoms with Crippen molar-refractivity contribution >= 4 is 22.7 Å². The number of benzene rings is 1. The predicted octanol–water partition coefficient (Wildman–Crippen LogP) is 5.00. The zero-order valence-corrected chi connectivity index (χ0v) is 24.1. The maximum Gasteiger partial charge on any atom is 0.227 e. The molecule has 7 nitrogen and oxygen atoms in total. The minimum atomic E-state index is 0.409. The second-order valence-electron chi connectivity index (χ2n) is 12.2. The third-order valence-electron chi connectivity index (χ3n) is 8.90. The van der Waals surface area contributed by atoms with Crippen LogP contribution in [0.25, 0.3) is 10.9 Å². The summed E-state index contributed by atoms with van der Waals surface area (Å²) in [7, 11) is 5.87. The van der Waals surface area contributed by atoms with Gasteiger partial charge < -0.3 is 24.8 Å². The van der Waals surface area contributed by atoms with Crippen LogP contribution in [-0.4, -0.2) is 85.8 Å². The van der Waals surface area contributed by atoms with Crippen LogP contribution in [0.15, 0.2) is 12.1 Å². The Kier molecular flexibility index (Phi) is 8.30. The van der Waals surface area contributed by atoms with E-state index in [2.05, 4.69) is 71.9 Å². The maximum absolute atomic E-state index is 5.80. The number of hydrogen-bond acceptors (Lipinski definition) is 7. The molecule has 0 amide bonds. The third kappa shape index (κ3) is 6.02. The summed E-state index contributed by atoms with van der Waals surface area (Å²) in [4.78, 5) is 17.5. The van der Waals surface area contributed by atoms with Gasteiger partial charge in [-0.2, -0.15) is 4.98 Å². The average Bonchev–Trinajstić information content (AvgIpc) is 3.55. The van der Waals surface area contributed by atoms with Gasteiger partial charge in [0.05, 0.1) is 18.2 Å². The number of anilines is 2. The lowest BCUT2D eigenvalue weighted by atomic mass is 9.86. The first-order chi connectivity index (χ1) is 18.4. The van der Waals surface area contributed by atoms with Gasteiger partial charge in [-0.3, -0.25) is 0 Å². The summed E-state index contributed by atoms with van der Waals surface area (Å²) in [6, 6.07) is 5.20. The molecule has 3 fully saturated rings. The molecule has 7 heteroatoms. The summed E-state index contributed by atoms with van der Waals surface area (Å²) in [5, 5.41) is 4.86. The Hall–Kier alpha value is -2.56. The molecule has 1 aromatic heterocycles. The van der Waals surface area contributed by atoms with Crippen molar-refractivity contribution in [1.82, 2.24) is 19.8 Å². The average molecular weight is 519 g/mol. The molecule has 206 valence electrons. The van der Waals surface area contributed by atoms with Crippen molar-refractivity contribution < 1.29 is 4.74 Å². The fraction of sp³-hybridized carbons (Fsp3) is 0.677. The molecular weight excluding hydrogens is 472 g/mol. The minimum absolute atomic E-state index is 0.409. The number of rotatable bonds is 7. The van der Waals surface area contributed by atoms with Crippen LogP contribution in [0.4, 0.5) is 11.8 Å². The summed E-state index contributed by atoms with van der Waals surface area (Å²) in [5.74, 6) is 9.26. The van der Waals surface area contributed by atoms with E-state index in [0.29, 0.717) is 17.5 Å². The van der Waals surface area contributed by atoms with E-state index < -0.39 is 0 Å². The standard InChI is InChI=1S/C31H46N6O/c1-23(2)36-17-11-25(12-18-36)32-29-26-21-28(38-5)24(10-6-9-16-35(3)4)20-27(26)33-30(34-29)37-19-15-31(22-37)13-7-8-14-31/h20-21,23,25H,7-9,11-19,22H2,1-5H3,(H,32,33,34). The van der Waals surface area contributed by atoms with E-state index in [9.17, 15) is 0 Å². The van der Waals surface area contributed by atoms with E-state index >= 15 is 0 Å². The fourth-order valence-corrected chi connectivity index (χ4v) is 6.49. The van der Waals surface area contributed by atoms with Crippen LogP contribution in [0.5, 0.6) is 5.75 Å². The van der Waals surface area contributed by atoms with Crippen molar-refractivity contribution in [3.8, 4) is 17.6 Å². The molecule has 3 aliphatic rings. The highest BCUT2D eigenvalue weighted by atomic mass is 16.5. The van der Waals surface area contributed by atoms with Gasteiger partial charge in [-0.25, -0.2) is 4.98 Å². The number of piperidine rings is 1. The molecule has 3 heterocycles. The normalized spacial score (nSPS) is 20.0. The van der Waals surface area contributed by atoms with Crippen LogP contribution in [0.1, 0.15) is 70.8 Å². The number of ether oxygens (including phenoxy) is 1. The molecule has 0 unspecified atom stereocenters. The number of fused-ring (bicyclic) bond motifs is 1. The second kappa shape index (κ2) is 11.7. The predicted molar refractivity (Wildman–Crippen MR) is 157 cm³/mol. The van der Waals surface area contributed by atoms with Crippen LogP contribution in [0.3, 0.4) is 0 Å². The Morgan fingerprint density at radius 2 is 1.87 bits per heavy atom. The molecule has 1 N–H and O–H groups in total. The molecule has 38 heavy (non-hydrogen) atoms. The van der Waals surface area contributed by atoms with Crippen LogP contribution >= 0.6 is 0 Å². The van der Waals surface area contributed by atoms with Crippen molar-refractivity contribution in [1.29, 1.82) is 0 Å². The van der Waals surface area contributed by atoms with Crippen molar-refractivity contribution in [2.24, 2.45) is 5.41 Å². The fourth-order valence-electron chi connectivity index (χ4n) is 6.49. The molecule has 2 aromatic rings. The van der Waals surface area contributed by atoms with Gasteiger partial charge in [0.15, 0.2) is 0 Å². The molecule has 2 saturated heterocycles. The van der Waals surface area contributed by atoms with Crippen LogP contribution in [0, 0.1) is 17.3 Å². The highest BCUT2D eigenvalue weighted by Crippen LogP contribution is 2.46. The number of likely N-dealkylation sites (tertiary alicyclic amines) is 1. The maximum atomic E-state index is 5.80. The SMILES string of the molecule is COc1cc2c(NC3CCN(C(C)C)CC3)nc(N3CCC4(CCCC4)C3)nc2cc1C#CCCN(C)C. The molecule has 1 aliphatic carbocycles. The number of nitrogens with zero attached hydrogens (tertiary/aromatic N) is 5. The van der Waals surface area contributed by atoms with Crippen molar-refractivity contribution in [3.05, 3.63) is 17.7 Å². The summed E-state index contributed by atoms with van der Waals surface area (Å²) < 4.78 is 5.80. The van der Waals surface area contributed by atoms with E-state index in [0.717, 1.165) is 86.0 Å². The third-order valence-corrected chi connectivity index (χ3v) is 8.90. The lowest BCUT2D eigenvalue weighted by Crippen LogP contribution is -2.42. The molecule has 0 radical (unpaired) electrons.